The Morgan fingerprint density at radius 1 is 0.969 bits per heavy atom. The molecule has 0 aromatic heterocycles. The first kappa shape index (κ1) is 28.9. The van der Waals surface area contributed by atoms with Crippen molar-refractivity contribution in [3.05, 3.63) is 22.5 Å². The van der Waals surface area contributed by atoms with Crippen LogP contribution in [-0.4, -0.2) is 63.8 Å². The second kappa shape index (κ2) is 16.6. The van der Waals surface area contributed by atoms with E-state index < -0.39 is 5.97 Å². The number of rotatable bonds is 8. The molecule has 0 bridgehead atoms. The normalized spacial score (nSPS) is 14.9. The zero-order chi connectivity index (χ0) is 24.4. The van der Waals surface area contributed by atoms with Gasteiger partial charge in [0.25, 0.3) is 5.97 Å². The van der Waals surface area contributed by atoms with Gasteiger partial charge in [-0.05, 0) is 27.7 Å². The molecule has 0 unspecified atom stereocenters. The van der Waals surface area contributed by atoms with Gasteiger partial charge >= 0.3 is 0 Å². The van der Waals surface area contributed by atoms with Crippen molar-refractivity contribution in [2.24, 2.45) is 20.7 Å². The monoisotopic (exact) mass is 446 g/mol. The Labute approximate surface area is 190 Å². The Kier molecular flexibility index (Phi) is 15.0. The van der Waals surface area contributed by atoms with E-state index in [0.29, 0.717) is 68.0 Å². The Morgan fingerprint density at radius 2 is 1.47 bits per heavy atom. The minimum Gasteiger partial charge on any atom is -0.481 e. The fourth-order valence-corrected chi connectivity index (χ4v) is 2.42. The first-order chi connectivity index (χ1) is 15.3. The van der Waals surface area contributed by atoms with Gasteiger partial charge < -0.3 is 24.7 Å². The van der Waals surface area contributed by atoms with Gasteiger partial charge in [0.05, 0.1) is 36.5 Å². The zero-order valence-corrected chi connectivity index (χ0v) is 19.8. The van der Waals surface area contributed by atoms with Gasteiger partial charge in [0, 0.05) is 51.8 Å². The summed E-state index contributed by atoms with van der Waals surface area (Å²) in [7, 11) is 0. The molecule has 0 atom stereocenters. The van der Waals surface area contributed by atoms with Crippen LogP contribution in [0.2, 0.25) is 0 Å². The summed E-state index contributed by atoms with van der Waals surface area (Å²) in [6, 6.07) is 3.95. The SMILES string of the molecule is CCOC(C)(OCC)OCC.CCOC(C)=NC1=C(C#N)C=NC1.N#CC1=C(N)CN=C1. The number of nitrogens with two attached hydrogens (primary N) is 1. The smallest absolute Gasteiger partial charge is 0.279 e. The van der Waals surface area contributed by atoms with E-state index in [0.717, 1.165) is 0 Å². The van der Waals surface area contributed by atoms with Crippen LogP contribution in [0.1, 0.15) is 41.5 Å². The van der Waals surface area contributed by atoms with Gasteiger partial charge in [-0.3, -0.25) is 9.98 Å². The Balaban J connectivity index is 0.000000463. The lowest BCUT2D eigenvalue weighted by Crippen LogP contribution is -2.35. The average Bonchev–Trinajstić information content (AvgIpc) is 3.37. The quantitative estimate of drug-likeness (QED) is 0.342. The summed E-state index contributed by atoms with van der Waals surface area (Å²) in [5.74, 6) is -0.270. The standard InChI is InChI=1S/C9H11N3O.C8H18O3.C5H5N3/c1-3-13-7(2)12-9-6-11-5-8(9)4-10;1-5-9-8(4,10-6-2)11-7-3;6-1-4-2-8-3-5(4)7/h5H,3,6H2,1-2H3;5-7H2,1-4H3;2H,3,7H2. The molecule has 2 aliphatic heterocycles. The number of ether oxygens (including phenoxy) is 4. The van der Waals surface area contributed by atoms with Crippen molar-refractivity contribution in [1.82, 2.24) is 0 Å². The number of aliphatic imine (C=N–C) groups is 3. The molecule has 2 rings (SSSR count). The molecule has 0 aromatic carbocycles. The van der Waals surface area contributed by atoms with Gasteiger partial charge in [0.1, 0.15) is 12.1 Å². The fraction of sp³-hybridized carbons (Fsp3) is 0.591. The number of hydrogen-bond acceptors (Lipinski definition) is 10. The van der Waals surface area contributed by atoms with E-state index in [1.807, 2.05) is 39.8 Å². The third-order valence-corrected chi connectivity index (χ3v) is 3.71. The van der Waals surface area contributed by atoms with Crippen LogP contribution in [0.25, 0.3) is 0 Å². The molecular weight excluding hydrogens is 412 g/mol. The second-order valence-corrected chi connectivity index (χ2v) is 6.19. The van der Waals surface area contributed by atoms with E-state index in [-0.39, 0.29) is 0 Å². The van der Waals surface area contributed by atoms with Crippen molar-refractivity contribution in [3.8, 4) is 12.1 Å². The van der Waals surface area contributed by atoms with Crippen LogP contribution in [0.5, 0.6) is 0 Å². The molecule has 0 saturated carbocycles. The van der Waals surface area contributed by atoms with E-state index in [1.54, 1.807) is 13.8 Å². The molecule has 10 nitrogen and oxygen atoms in total. The van der Waals surface area contributed by atoms with Crippen LogP contribution >= 0.6 is 0 Å². The van der Waals surface area contributed by atoms with E-state index in [9.17, 15) is 0 Å². The van der Waals surface area contributed by atoms with E-state index in [1.165, 1.54) is 12.4 Å². The van der Waals surface area contributed by atoms with Gasteiger partial charge in [-0.25, -0.2) is 4.99 Å². The summed E-state index contributed by atoms with van der Waals surface area (Å²) in [6.07, 6.45) is 3.04. The van der Waals surface area contributed by atoms with Gasteiger partial charge in [0.2, 0.25) is 0 Å². The summed E-state index contributed by atoms with van der Waals surface area (Å²) in [5.41, 5.74) is 7.62. The molecule has 0 fully saturated rings. The molecular formula is C22H34N6O4. The van der Waals surface area contributed by atoms with Crippen molar-refractivity contribution < 1.29 is 18.9 Å². The van der Waals surface area contributed by atoms with Crippen molar-refractivity contribution in [2.75, 3.05) is 39.5 Å². The van der Waals surface area contributed by atoms with Gasteiger partial charge in [-0.1, -0.05) is 0 Å². The van der Waals surface area contributed by atoms with Crippen LogP contribution in [0.3, 0.4) is 0 Å². The van der Waals surface area contributed by atoms with Crippen LogP contribution in [0, 0.1) is 22.7 Å². The second-order valence-electron chi connectivity index (χ2n) is 6.19. The zero-order valence-electron chi connectivity index (χ0n) is 19.8. The first-order valence-corrected chi connectivity index (χ1v) is 10.4. The summed E-state index contributed by atoms with van der Waals surface area (Å²) in [5, 5.41) is 16.9. The maximum absolute atomic E-state index is 8.67. The van der Waals surface area contributed by atoms with Crippen molar-refractivity contribution in [1.29, 1.82) is 10.5 Å². The number of nitrogens with zero attached hydrogens (tertiary/aromatic N) is 5. The highest BCUT2D eigenvalue weighted by Gasteiger charge is 2.24. The molecule has 0 amide bonds. The molecule has 10 heteroatoms. The number of allylic oxidation sites excluding steroid dienone is 2. The highest BCUT2D eigenvalue weighted by atomic mass is 16.9. The maximum Gasteiger partial charge on any atom is 0.279 e. The molecule has 0 spiro atoms. The topological polar surface area (TPSA) is 148 Å². The molecule has 0 radical (unpaired) electrons. The summed E-state index contributed by atoms with van der Waals surface area (Å²) in [4.78, 5) is 11.9. The number of hydrogen-bond donors (Lipinski definition) is 1. The van der Waals surface area contributed by atoms with E-state index in [2.05, 4.69) is 15.0 Å². The lowest BCUT2D eigenvalue weighted by atomic mass is 10.3. The van der Waals surface area contributed by atoms with Gasteiger partial charge in [-0.2, -0.15) is 10.5 Å². The molecule has 32 heavy (non-hydrogen) atoms. The third kappa shape index (κ3) is 11.4. The van der Waals surface area contributed by atoms with Crippen molar-refractivity contribution in [3.63, 3.8) is 0 Å². The first-order valence-electron chi connectivity index (χ1n) is 10.4. The molecule has 0 aliphatic carbocycles. The van der Waals surface area contributed by atoms with Gasteiger partial charge in [-0.15, -0.1) is 0 Å². The van der Waals surface area contributed by atoms with Crippen LogP contribution in [-0.2, 0) is 18.9 Å². The third-order valence-electron chi connectivity index (χ3n) is 3.71. The minimum atomic E-state index is -0.849. The predicted molar refractivity (Wildman–Crippen MR) is 124 cm³/mol. The van der Waals surface area contributed by atoms with Crippen LogP contribution in [0.4, 0.5) is 0 Å². The summed E-state index contributed by atoms with van der Waals surface area (Å²) >= 11 is 0. The molecule has 0 saturated heterocycles. The largest absolute Gasteiger partial charge is 0.481 e. The highest BCUT2D eigenvalue weighted by molar-refractivity contribution is 5.88. The van der Waals surface area contributed by atoms with E-state index >= 15 is 0 Å². The lowest BCUT2D eigenvalue weighted by molar-refractivity contribution is -0.365. The Bertz CT molecular complexity index is 798. The fourth-order valence-electron chi connectivity index (χ4n) is 2.42. The number of nitriles is 2. The van der Waals surface area contributed by atoms with E-state index in [4.69, 9.17) is 35.2 Å². The maximum atomic E-state index is 8.67. The molecule has 2 heterocycles. The molecule has 2 aliphatic rings. The van der Waals surface area contributed by atoms with Crippen molar-refractivity contribution >= 4 is 18.3 Å². The predicted octanol–water partition coefficient (Wildman–Crippen LogP) is 2.88. The van der Waals surface area contributed by atoms with Crippen LogP contribution < -0.4 is 5.73 Å². The minimum absolute atomic E-state index is 0.479. The van der Waals surface area contributed by atoms with Crippen molar-refractivity contribution in [2.45, 2.75) is 47.5 Å². The summed E-state index contributed by atoms with van der Waals surface area (Å²) in [6.45, 7) is 14.5. The van der Waals surface area contributed by atoms with Crippen LogP contribution in [0.15, 0.2) is 37.5 Å². The molecule has 176 valence electrons. The lowest BCUT2D eigenvalue weighted by Gasteiger charge is -2.27. The Hall–Kier alpha value is -3.05. The summed E-state index contributed by atoms with van der Waals surface area (Å²) < 4.78 is 20.9. The highest BCUT2D eigenvalue weighted by Crippen LogP contribution is 2.13. The molecule has 2 N–H and O–H groups in total. The molecule has 0 aromatic rings. The Morgan fingerprint density at radius 3 is 1.84 bits per heavy atom. The average molecular weight is 447 g/mol. The van der Waals surface area contributed by atoms with Gasteiger partial charge in [0.15, 0.2) is 5.90 Å².